The second-order valence-electron chi connectivity index (χ2n) is 9.44. The van der Waals surface area contributed by atoms with Gasteiger partial charge in [0.05, 0.1) is 28.1 Å². The fraction of sp³-hybridized carbons (Fsp3) is 0.0294. The average Bonchev–Trinajstić information content (AvgIpc) is 3.55. The Hall–Kier alpha value is -4.89. The lowest BCUT2D eigenvalue weighted by Gasteiger charge is -2.11. The Morgan fingerprint density at radius 1 is 0.514 bits per heavy atom. The van der Waals surface area contributed by atoms with Gasteiger partial charge in [0, 0.05) is 27.6 Å². The van der Waals surface area contributed by atoms with E-state index in [0.29, 0.717) is 0 Å². The molecule has 0 radical (unpaired) electrons. The first-order valence-corrected chi connectivity index (χ1v) is 12.6. The monoisotopic (exact) mass is 475 g/mol. The van der Waals surface area contributed by atoms with Crippen LogP contribution in [0.3, 0.4) is 0 Å². The Morgan fingerprint density at radius 3 is 1.73 bits per heavy atom. The maximum absolute atomic E-state index is 5.05. The van der Waals surface area contributed by atoms with Gasteiger partial charge in [0.1, 0.15) is 0 Å². The molecule has 0 atom stereocenters. The number of rotatable bonds is 4. The summed E-state index contributed by atoms with van der Waals surface area (Å²) in [4.78, 5) is 0. The van der Waals surface area contributed by atoms with E-state index in [4.69, 9.17) is 5.10 Å². The topological polar surface area (TPSA) is 22.8 Å². The molecule has 7 rings (SSSR count). The van der Waals surface area contributed by atoms with Gasteiger partial charge in [-0.3, -0.25) is 0 Å². The van der Waals surface area contributed by atoms with Gasteiger partial charge in [0.25, 0.3) is 0 Å². The highest BCUT2D eigenvalue weighted by Crippen LogP contribution is 2.33. The fourth-order valence-electron chi connectivity index (χ4n) is 5.20. The Kier molecular flexibility index (Phi) is 5.00. The minimum atomic E-state index is 0.961. The van der Waals surface area contributed by atoms with Gasteiger partial charge in [0.15, 0.2) is 0 Å². The molecule has 0 amide bonds. The Bertz CT molecular complexity index is 1800. The number of aryl methyl sites for hydroxylation is 1. The van der Waals surface area contributed by atoms with Crippen molar-refractivity contribution in [2.75, 3.05) is 0 Å². The van der Waals surface area contributed by atoms with Gasteiger partial charge in [-0.2, -0.15) is 5.10 Å². The van der Waals surface area contributed by atoms with Gasteiger partial charge in [0.2, 0.25) is 0 Å². The summed E-state index contributed by atoms with van der Waals surface area (Å²) in [6.45, 7) is 2.11. The number of para-hydroxylation sites is 2. The van der Waals surface area contributed by atoms with Crippen molar-refractivity contribution in [1.82, 2.24) is 14.3 Å². The molecule has 3 heteroatoms. The zero-order valence-electron chi connectivity index (χ0n) is 20.5. The predicted octanol–water partition coefficient (Wildman–Crippen LogP) is 8.61. The van der Waals surface area contributed by atoms with Crippen LogP contribution in [0.25, 0.3) is 55.7 Å². The molecule has 0 N–H and O–H groups in total. The summed E-state index contributed by atoms with van der Waals surface area (Å²) in [5.74, 6) is 0. The van der Waals surface area contributed by atoms with Crippen molar-refractivity contribution in [2.24, 2.45) is 0 Å². The largest absolute Gasteiger partial charge is 0.309 e. The second kappa shape index (κ2) is 8.65. The molecule has 3 nitrogen and oxygen atoms in total. The van der Waals surface area contributed by atoms with E-state index in [-0.39, 0.29) is 0 Å². The third kappa shape index (κ3) is 3.64. The van der Waals surface area contributed by atoms with Crippen LogP contribution in [0, 0.1) is 6.92 Å². The molecule has 0 saturated heterocycles. The highest BCUT2D eigenvalue weighted by Gasteiger charge is 2.15. The Labute approximate surface area is 215 Å². The van der Waals surface area contributed by atoms with Crippen LogP contribution in [-0.2, 0) is 0 Å². The van der Waals surface area contributed by atoms with Gasteiger partial charge in [-0.15, -0.1) is 0 Å². The first-order chi connectivity index (χ1) is 18.3. The van der Waals surface area contributed by atoms with Crippen LogP contribution in [0.4, 0.5) is 0 Å². The molecule has 0 spiro atoms. The molecule has 0 unspecified atom stereocenters. The van der Waals surface area contributed by atoms with E-state index in [2.05, 4.69) is 144 Å². The van der Waals surface area contributed by atoms with Crippen LogP contribution in [0.1, 0.15) is 5.56 Å². The summed E-state index contributed by atoms with van der Waals surface area (Å²) in [7, 11) is 0. The van der Waals surface area contributed by atoms with E-state index in [1.807, 2.05) is 6.07 Å². The van der Waals surface area contributed by atoms with Crippen LogP contribution >= 0.6 is 0 Å². The molecule has 2 aromatic heterocycles. The molecule has 0 bridgehead atoms. The average molecular weight is 476 g/mol. The molecular weight excluding hydrogens is 450 g/mol. The Morgan fingerprint density at radius 2 is 1.08 bits per heavy atom. The van der Waals surface area contributed by atoms with Crippen LogP contribution in [0.2, 0.25) is 0 Å². The highest BCUT2D eigenvalue weighted by atomic mass is 15.3. The summed E-state index contributed by atoms with van der Waals surface area (Å²) >= 11 is 0. The molecule has 0 saturated carbocycles. The van der Waals surface area contributed by atoms with Crippen LogP contribution < -0.4 is 0 Å². The maximum Gasteiger partial charge on any atom is 0.0934 e. The molecule has 0 aliphatic carbocycles. The van der Waals surface area contributed by atoms with E-state index in [1.165, 1.54) is 27.4 Å². The lowest BCUT2D eigenvalue weighted by Crippen LogP contribution is -2.00. The number of benzene rings is 5. The summed E-state index contributed by atoms with van der Waals surface area (Å²) < 4.78 is 4.40. The Balaban J connectivity index is 1.37. The zero-order chi connectivity index (χ0) is 24.8. The minimum absolute atomic E-state index is 0.961. The predicted molar refractivity (Wildman–Crippen MR) is 154 cm³/mol. The molecule has 5 aromatic carbocycles. The number of fused-ring (bicyclic) bond motifs is 3. The van der Waals surface area contributed by atoms with Crippen LogP contribution in [0.5, 0.6) is 0 Å². The van der Waals surface area contributed by atoms with Crippen LogP contribution in [0.15, 0.2) is 133 Å². The third-order valence-electron chi connectivity index (χ3n) is 7.06. The lowest BCUT2D eigenvalue weighted by atomic mass is 10.1. The molecule has 176 valence electrons. The SMILES string of the molecule is Cc1ccc(-c2cc(-c3ccccc3)nn2-c2ccc(-n3c4ccccc4c4ccccc43)cc2)cc1. The van der Waals surface area contributed by atoms with E-state index < -0.39 is 0 Å². The number of aromatic nitrogens is 3. The fourth-order valence-corrected chi connectivity index (χ4v) is 5.20. The van der Waals surface area contributed by atoms with Crippen molar-refractivity contribution >= 4 is 21.8 Å². The molecule has 37 heavy (non-hydrogen) atoms. The van der Waals surface area contributed by atoms with Crippen molar-refractivity contribution in [2.45, 2.75) is 6.92 Å². The smallest absolute Gasteiger partial charge is 0.0934 e. The summed E-state index contributed by atoms with van der Waals surface area (Å²) in [5.41, 5.74) is 10.1. The summed E-state index contributed by atoms with van der Waals surface area (Å²) in [6, 6.07) is 47.1. The second-order valence-corrected chi connectivity index (χ2v) is 9.44. The van der Waals surface area contributed by atoms with Gasteiger partial charge in [-0.05, 0) is 49.4 Å². The standard InChI is InChI=1S/C34H25N3/c1-24-15-17-26(18-16-24)34-23-31(25-9-3-2-4-10-25)35-37(34)28-21-19-27(20-22-28)36-32-13-7-5-11-29(32)30-12-6-8-14-33(30)36/h2-23H,1H3. The quantitative estimate of drug-likeness (QED) is 0.250. The summed E-state index contributed by atoms with van der Waals surface area (Å²) in [5, 5.41) is 7.59. The van der Waals surface area contributed by atoms with Crippen LogP contribution in [-0.4, -0.2) is 14.3 Å². The highest BCUT2D eigenvalue weighted by molar-refractivity contribution is 6.09. The molecule has 0 aliphatic heterocycles. The molecule has 0 aliphatic rings. The van der Waals surface area contributed by atoms with E-state index >= 15 is 0 Å². The van der Waals surface area contributed by atoms with Gasteiger partial charge >= 0.3 is 0 Å². The van der Waals surface area contributed by atoms with E-state index in [1.54, 1.807) is 0 Å². The van der Waals surface area contributed by atoms with Gasteiger partial charge in [-0.1, -0.05) is 96.6 Å². The zero-order valence-corrected chi connectivity index (χ0v) is 20.5. The lowest BCUT2D eigenvalue weighted by molar-refractivity contribution is 0.891. The third-order valence-corrected chi connectivity index (χ3v) is 7.06. The molecule has 7 aromatic rings. The maximum atomic E-state index is 5.05. The number of hydrogen-bond acceptors (Lipinski definition) is 1. The number of hydrogen-bond donors (Lipinski definition) is 0. The van der Waals surface area contributed by atoms with Gasteiger partial charge < -0.3 is 4.57 Å². The van der Waals surface area contributed by atoms with E-state index in [9.17, 15) is 0 Å². The molecule has 2 heterocycles. The van der Waals surface area contributed by atoms with Crippen molar-refractivity contribution in [3.63, 3.8) is 0 Å². The first-order valence-electron chi connectivity index (χ1n) is 12.6. The van der Waals surface area contributed by atoms with Crippen molar-refractivity contribution in [1.29, 1.82) is 0 Å². The van der Waals surface area contributed by atoms with Crippen molar-refractivity contribution < 1.29 is 0 Å². The number of nitrogens with zero attached hydrogens (tertiary/aromatic N) is 3. The van der Waals surface area contributed by atoms with Crippen molar-refractivity contribution in [3.05, 3.63) is 139 Å². The van der Waals surface area contributed by atoms with Gasteiger partial charge in [-0.25, -0.2) is 4.68 Å². The molecule has 0 fully saturated rings. The normalized spacial score (nSPS) is 11.4. The van der Waals surface area contributed by atoms with E-state index in [0.717, 1.165) is 33.9 Å². The molecular formula is C34H25N3. The first kappa shape index (κ1) is 21.4. The summed E-state index contributed by atoms with van der Waals surface area (Å²) in [6.07, 6.45) is 0. The van der Waals surface area contributed by atoms with Crippen molar-refractivity contribution in [3.8, 4) is 33.9 Å². The minimum Gasteiger partial charge on any atom is -0.309 e.